The predicted molar refractivity (Wildman–Crippen MR) is 85.5 cm³/mol. The number of aliphatic hydroxyl groups is 2. The molecule has 0 saturated carbocycles. The third-order valence-electron chi connectivity index (χ3n) is 4.76. The molecule has 1 aliphatic rings. The lowest BCUT2D eigenvalue weighted by molar-refractivity contribution is 0.00676. The van der Waals surface area contributed by atoms with Gasteiger partial charge in [0.2, 0.25) is 0 Å². The Morgan fingerprint density at radius 1 is 0.952 bits per heavy atom. The lowest BCUT2D eigenvalue weighted by Crippen LogP contribution is -2.25. The Morgan fingerprint density at radius 2 is 1.71 bits per heavy atom. The Balaban J connectivity index is 2.06. The highest BCUT2D eigenvalue weighted by Gasteiger charge is 2.27. The molecular formula is C19H18O2. The van der Waals surface area contributed by atoms with Crippen LogP contribution in [0.25, 0.3) is 21.5 Å². The Bertz CT molecular complexity index is 851. The Hall–Kier alpha value is -1.90. The maximum absolute atomic E-state index is 10.2. The van der Waals surface area contributed by atoms with Crippen LogP contribution in [0.3, 0.4) is 0 Å². The van der Waals surface area contributed by atoms with E-state index in [2.05, 4.69) is 43.3 Å². The molecule has 2 atom stereocenters. The number of rotatable bonds is 0. The molecule has 2 N–H and O–H groups in total. The van der Waals surface area contributed by atoms with Crippen molar-refractivity contribution in [1.29, 1.82) is 0 Å². The number of fused-ring (bicyclic) bond motifs is 4. The van der Waals surface area contributed by atoms with E-state index in [-0.39, 0.29) is 0 Å². The topological polar surface area (TPSA) is 40.5 Å². The minimum absolute atomic E-state index is 0.624. The molecule has 2 heteroatoms. The number of benzene rings is 3. The van der Waals surface area contributed by atoms with Gasteiger partial charge in [-0.05, 0) is 70.1 Å². The molecule has 4 rings (SSSR count). The Labute approximate surface area is 123 Å². The summed E-state index contributed by atoms with van der Waals surface area (Å²) in [6.45, 7) is 2.13. The largest absolute Gasteiger partial charge is 0.390 e. The van der Waals surface area contributed by atoms with Crippen molar-refractivity contribution in [3.63, 3.8) is 0 Å². The van der Waals surface area contributed by atoms with E-state index in [0.717, 1.165) is 12.0 Å². The SMILES string of the molecule is Cc1cccc2cc3c4c(ccc3cc12)C(O)C(O)CC4. The summed E-state index contributed by atoms with van der Waals surface area (Å²) in [4.78, 5) is 0. The van der Waals surface area contributed by atoms with Crippen LogP contribution < -0.4 is 0 Å². The van der Waals surface area contributed by atoms with Crippen molar-refractivity contribution in [1.82, 2.24) is 0 Å². The average Bonchev–Trinajstić information content (AvgIpc) is 2.49. The maximum atomic E-state index is 10.2. The molecule has 0 saturated heterocycles. The smallest absolute Gasteiger partial charge is 0.105 e. The molecule has 3 aromatic carbocycles. The van der Waals surface area contributed by atoms with Gasteiger partial charge < -0.3 is 10.2 Å². The molecule has 0 fully saturated rings. The van der Waals surface area contributed by atoms with Crippen LogP contribution in [0, 0.1) is 6.92 Å². The fraction of sp³-hybridized carbons (Fsp3) is 0.263. The highest BCUT2D eigenvalue weighted by atomic mass is 16.3. The van der Waals surface area contributed by atoms with Gasteiger partial charge in [-0.1, -0.05) is 30.3 Å². The molecule has 0 bridgehead atoms. The second-order valence-electron chi connectivity index (χ2n) is 6.05. The van der Waals surface area contributed by atoms with Gasteiger partial charge in [0, 0.05) is 0 Å². The van der Waals surface area contributed by atoms with Crippen LogP contribution in [-0.2, 0) is 6.42 Å². The van der Waals surface area contributed by atoms with Gasteiger partial charge in [-0.3, -0.25) is 0 Å². The molecule has 3 aromatic rings. The van der Waals surface area contributed by atoms with Gasteiger partial charge in [0.25, 0.3) is 0 Å². The zero-order chi connectivity index (χ0) is 14.6. The number of aryl methyl sites for hydroxylation is 2. The summed E-state index contributed by atoms with van der Waals surface area (Å²) in [5.41, 5.74) is 3.35. The first-order valence-corrected chi connectivity index (χ1v) is 7.46. The second kappa shape index (κ2) is 4.55. The van der Waals surface area contributed by atoms with Crippen LogP contribution in [0.15, 0.2) is 42.5 Å². The first kappa shape index (κ1) is 12.8. The average molecular weight is 278 g/mol. The van der Waals surface area contributed by atoms with Gasteiger partial charge in [-0.25, -0.2) is 0 Å². The summed E-state index contributed by atoms with van der Waals surface area (Å²) in [5.74, 6) is 0. The molecule has 0 aromatic heterocycles. The van der Waals surface area contributed by atoms with E-state index in [9.17, 15) is 10.2 Å². The molecule has 0 amide bonds. The quantitative estimate of drug-likeness (QED) is 0.616. The van der Waals surface area contributed by atoms with E-state index in [1.54, 1.807) is 0 Å². The summed E-state index contributed by atoms with van der Waals surface area (Å²) in [5, 5.41) is 25.0. The summed E-state index contributed by atoms with van der Waals surface area (Å²) >= 11 is 0. The zero-order valence-electron chi connectivity index (χ0n) is 12.0. The molecular weight excluding hydrogens is 260 g/mol. The van der Waals surface area contributed by atoms with Crippen LogP contribution in [0.2, 0.25) is 0 Å². The van der Waals surface area contributed by atoms with Crippen molar-refractivity contribution in [2.24, 2.45) is 0 Å². The van der Waals surface area contributed by atoms with Gasteiger partial charge in [0.15, 0.2) is 0 Å². The second-order valence-corrected chi connectivity index (χ2v) is 6.05. The van der Waals surface area contributed by atoms with Gasteiger partial charge in [-0.2, -0.15) is 0 Å². The normalized spacial score (nSPS) is 21.7. The van der Waals surface area contributed by atoms with Crippen molar-refractivity contribution in [2.45, 2.75) is 32.0 Å². The summed E-state index contributed by atoms with van der Waals surface area (Å²) in [7, 11) is 0. The minimum atomic E-state index is -0.758. The van der Waals surface area contributed by atoms with E-state index in [1.165, 1.54) is 32.7 Å². The standard InChI is InChI=1S/C19H18O2/c1-11-3-2-4-12-10-17-13(9-16(11)12)5-6-15-14(17)7-8-18(20)19(15)21/h2-6,9-10,18-21H,7-8H2,1H3. The number of aliphatic hydroxyl groups excluding tert-OH is 2. The van der Waals surface area contributed by atoms with Crippen LogP contribution in [0.1, 0.15) is 29.2 Å². The summed E-state index contributed by atoms with van der Waals surface area (Å²) < 4.78 is 0. The summed E-state index contributed by atoms with van der Waals surface area (Å²) in [6.07, 6.45) is 0.0467. The molecule has 0 radical (unpaired) electrons. The lowest BCUT2D eigenvalue weighted by Gasteiger charge is -2.27. The van der Waals surface area contributed by atoms with Crippen molar-refractivity contribution in [3.8, 4) is 0 Å². The van der Waals surface area contributed by atoms with Crippen molar-refractivity contribution in [3.05, 3.63) is 59.2 Å². The fourth-order valence-electron chi connectivity index (χ4n) is 3.55. The molecule has 0 spiro atoms. The van der Waals surface area contributed by atoms with E-state index >= 15 is 0 Å². The van der Waals surface area contributed by atoms with Crippen molar-refractivity contribution < 1.29 is 10.2 Å². The van der Waals surface area contributed by atoms with Gasteiger partial charge in [-0.15, -0.1) is 0 Å². The lowest BCUT2D eigenvalue weighted by atomic mass is 9.83. The van der Waals surface area contributed by atoms with Crippen molar-refractivity contribution in [2.75, 3.05) is 0 Å². The van der Waals surface area contributed by atoms with E-state index in [4.69, 9.17) is 0 Å². The predicted octanol–water partition coefficient (Wildman–Crippen LogP) is 3.64. The Morgan fingerprint density at radius 3 is 2.57 bits per heavy atom. The maximum Gasteiger partial charge on any atom is 0.105 e. The first-order valence-electron chi connectivity index (χ1n) is 7.46. The van der Waals surface area contributed by atoms with E-state index in [1.807, 2.05) is 6.07 Å². The van der Waals surface area contributed by atoms with Gasteiger partial charge >= 0.3 is 0 Å². The third kappa shape index (κ3) is 1.87. The molecule has 106 valence electrons. The first-order chi connectivity index (χ1) is 10.1. The van der Waals surface area contributed by atoms with E-state index in [0.29, 0.717) is 6.42 Å². The Kier molecular flexibility index (Phi) is 2.78. The number of hydrogen-bond donors (Lipinski definition) is 2. The highest BCUT2D eigenvalue weighted by Crippen LogP contribution is 2.36. The summed E-state index contributed by atoms with van der Waals surface area (Å²) in [6, 6.07) is 14.8. The van der Waals surface area contributed by atoms with Crippen LogP contribution >= 0.6 is 0 Å². The molecule has 1 aliphatic carbocycles. The molecule has 21 heavy (non-hydrogen) atoms. The van der Waals surface area contributed by atoms with Crippen LogP contribution in [-0.4, -0.2) is 16.3 Å². The van der Waals surface area contributed by atoms with Crippen LogP contribution in [0.4, 0.5) is 0 Å². The molecule has 0 heterocycles. The molecule has 0 aliphatic heterocycles. The van der Waals surface area contributed by atoms with Crippen molar-refractivity contribution >= 4 is 21.5 Å². The van der Waals surface area contributed by atoms with Gasteiger partial charge in [0.1, 0.15) is 6.10 Å². The van der Waals surface area contributed by atoms with E-state index < -0.39 is 12.2 Å². The van der Waals surface area contributed by atoms with Gasteiger partial charge in [0.05, 0.1) is 6.10 Å². The highest BCUT2D eigenvalue weighted by molar-refractivity contribution is 6.01. The zero-order valence-corrected chi connectivity index (χ0v) is 12.0. The monoisotopic (exact) mass is 278 g/mol. The molecule has 2 unspecified atom stereocenters. The number of hydrogen-bond acceptors (Lipinski definition) is 2. The third-order valence-corrected chi connectivity index (χ3v) is 4.76. The minimum Gasteiger partial charge on any atom is -0.390 e. The molecule has 2 nitrogen and oxygen atoms in total. The van der Waals surface area contributed by atoms with Crippen LogP contribution in [0.5, 0.6) is 0 Å². The fourth-order valence-corrected chi connectivity index (χ4v) is 3.55.